The molecule has 1 aliphatic carbocycles. The minimum Gasteiger partial charge on any atom is -0.481 e. The van der Waals surface area contributed by atoms with Gasteiger partial charge in [0, 0.05) is 37.9 Å². The molecule has 48 heavy (non-hydrogen) atoms. The second kappa shape index (κ2) is 18.6. The summed E-state index contributed by atoms with van der Waals surface area (Å²) in [4.78, 5) is 72.7. The smallest absolute Gasteiger partial charge is 0.306 e. The molecule has 0 aromatic carbocycles. The van der Waals surface area contributed by atoms with Crippen LogP contribution in [0.5, 0.6) is 0 Å². The molecule has 3 amide bonds. The number of unbranched alkanes of at least 4 members (excludes halogenated alkanes) is 1. The summed E-state index contributed by atoms with van der Waals surface area (Å²) in [6.07, 6.45) is 6.60. The zero-order valence-electron chi connectivity index (χ0n) is 29.8. The van der Waals surface area contributed by atoms with Gasteiger partial charge in [-0.05, 0) is 69.9 Å². The average molecular weight is 692 g/mol. The highest BCUT2D eigenvalue weighted by molar-refractivity contribution is 7.09. The fourth-order valence-corrected chi connectivity index (χ4v) is 7.68. The topological polar surface area (TPSA) is 158 Å². The molecule has 4 atom stereocenters. The van der Waals surface area contributed by atoms with Crippen molar-refractivity contribution in [2.45, 2.75) is 136 Å². The van der Waals surface area contributed by atoms with E-state index in [1.165, 1.54) is 18.3 Å². The number of likely N-dealkylation sites (N-methyl/N-ethyl adjacent to an activating group) is 1. The summed E-state index contributed by atoms with van der Waals surface area (Å²) in [5.41, 5.74) is 0.205. The summed E-state index contributed by atoms with van der Waals surface area (Å²) in [5, 5.41) is 17.4. The lowest BCUT2D eigenvalue weighted by Crippen LogP contribution is -2.58. The lowest BCUT2D eigenvalue weighted by Gasteiger charge is -2.38. The molecular weight excluding hydrogens is 634 g/mol. The van der Waals surface area contributed by atoms with Crippen LogP contribution in [0, 0.1) is 17.8 Å². The van der Waals surface area contributed by atoms with Gasteiger partial charge >= 0.3 is 11.9 Å². The predicted octanol–water partition coefficient (Wildman–Crippen LogP) is 4.79. The Morgan fingerprint density at radius 2 is 1.75 bits per heavy atom. The van der Waals surface area contributed by atoms with Gasteiger partial charge in [0.2, 0.25) is 11.8 Å². The van der Waals surface area contributed by atoms with Crippen LogP contribution in [0.4, 0.5) is 0 Å². The zero-order valence-corrected chi connectivity index (χ0v) is 30.6. The molecule has 2 heterocycles. The van der Waals surface area contributed by atoms with Gasteiger partial charge in [-0.3, -0.25) is 28.9 Å². The number of amides is 3. The number of carboxylic acid groups (broad SMARTS) is 1. The van der Waals surface area contributed by atoms with Crippen LogP contribution in [0.3, 0.4) is 0 Å². The van der Waals surface area contributed by atoms with Crippen molar-refractivity contribution in [1.82, 2.24) is 25.4 Å². The van der Waals surface area contributed by atoms with Crippen LogP contribution in [0.15, 0.2) is 5.38 Å². The van der Waals surface area contributed by atoms with Crippen LogP contribution in [0.25, 0.3) is 0 Å². The van der Waals surface area contributed by atoms with Gasteiger partial charge in [-0.25, -0.2) is 4.98 Å². The molecule has 1 saturated heterocycles. The first-order chi connectivity index (χ1) is 22.7. The Bertz CT molecular complexity index is 1250. The first kappa shape index (κ1) is 39.4. The first-order valence-corrected chi connectivity index (χ1v) is 18.6. The standard InChI is InChI=1S/C35H57N5O7S/c1-8-9-17-40-18-11-10-12-27(40)32(43)38-30(22(4)5)34(44)39(7)28(21(2)3)19-29(47-23(6)41)33-37-26(20-48-33)31(42)36-25-15-13-24(14-16-25)35(45)46/h20-22,24-25,27-30H,8-19H2,1-7H3,(H,36,42)(H,38,43)(H,45,46)/t24-,25-,27-,28?,29?,30?/m1/s1. The molecule has 1 aliphatic heterocycles. The molecule has 0 bridgehead atoms. The number of thiazole rings is 1. The molecule has 3 unspecified atom stereocenters. The molecule has 0 spiro atoms. The Morgan fingerprint density at radius 1 is 1.06 bits per heavy atom. The summed E-state index contributed by atoms with van der Waals surface area (Å²) < 4.78 is 5.73. The number of carbonyl (C=O) groups excluding carboxylic acids is 4. The molecular formula is C35H57N5O7S. The first-order valence-electron chi connectivity index (χ1n) is 17.7. The van der Waals surface area contributed by atoms with Gasteiger partial charge in [0.1, 0.15) is 16.7 Å². The molecule has 3 N–H and O–H groups in total. The van der Waals surface area contributed by atoms with Crippen LogP contribution in [-0.4, -0.2) is 93.9 Å². The number of ether oxygens (including phenoxy) is 1. The molecule has 13 heteroatoms. The number of nitrogens with one attached hydrogen (secondary N) is 2. The number of likely N-dealkylation sites (tertiary alicyclic amines) is 1. The van der Waals surface area contributed by atoms with Crippen molar-refractivity contribution in [2.75, 3.05) is 20.1 Å². The van der Waals surface area contributed by atoms with Crippen molar-refractivity contribution in [3.05, 3.63) is 16.1 Å². The number of hydrogen-bond donors (Lipinski definition) is 3. The fraction of sp³-hybridized carbons (Fsp3) is 0.771. The van der Waals surface area contributed by atoms with E-state index in [-0.39, 0.29) is 65.7 Å². The van der Waals surface area contributed by atoms with E-state index in [1.54, 1.807) is 17.3 Å². The molecule has 2 fully saturated rings. The van der Waals surface area contributed by atoms with E-state index in [4.69, 9.17) is 4.74 Å². The van der Waals surface area contributed by atoms with Crippen molar-refractivity contribution in [3.8, 4) is 0 Å². The largest absolute Gasteiger partial charge is 0.481 e. The van der Waals surface area contributed by atoms with E-state index in [1.807, 2.05) is 27.7 Å². The van der Waals surface area contributed by atoms with Crippen LogP contribution in [0.2, 0.25) is 0 Å². The second-order valence-corrected chi connectivity index (χ2v) is 15.0. The lowest BCUT2D eigenvalue weighted by atomic mass is 9.86. The van der Waals surface area contributed by atoms with Gasteiger partial charge in [-0.1, -0.05) is 47.5 Å². The van der Waals surface area contributed by atoms with Crippen molar-refractivity contribution in [2.24, 2.45) is 17.8 Å². The van der Waals surface area contributed by atoms with Crippen molar-refractivity contribution >= 4 is 41.0 Å². The van der Waals surface area contributed by atoms with Gasteiger partial charge in [0.25, 0.3) is 5.91 Å². The fourth-order valence-electron chi connectivity index (χ4n) is 6.84. The van der Waals surface area contributed by atoms with Gasteiger partial charge in [-0.2, -0.15) is 0 Å². The highest BCUT2D eigenvalue weighted by Gasteiger charge is 2.37. The number of carbonyl (C=O) groups is 5. The maximum atomic E-state index is 14.1. The second-order valence-electron chi connectivity index (χ2n) is 14.2. The summed E-state index contributed by atoms with van der Waals surface area (Å²) in [6, 6.07) is -1.44. The van der Waals surface area contributed by atoms with Crippen molar-refractivity contribution < 1.29 is 33.8 Å². The quantitative estimate of drug-likeness (QED) is 0.207. The lowest BCUT2D eigenvalue weighted by molar-refractivity contribution is -0.149. The van der Waals surface area contributed by atoms with Gasteiger partial charge in [-0.15, -0.1) is 11.3 Å². The Labute approximate surface area is 289 Å². The van der Waals surface area contributed by atoms with Crippen LogP contribution >= 0.6 is 11.3 Å². The SMILES string of the molecule is CCCCN1CCCC[C@@H]1C(=O)NC(C(=O)N(C)C(CC(OC(C)=O)c1nc(C(=O)N[C@H]2CC[C@H](C(=O)O)CC2)cs1)C(C)C)C(C)C. The highest BCUT2D eigenvalue weighted by Crippen LogP contribution is 2.31. The number of esters is 1. The average Bonchev–Trinajstić information content (AvgIpc) is 3.54. The van der Waals surface area contributed by atoms with Gasteiger partial charge in [0.15, 0.2) is 6.10 Å². The molecule has 12 nitrogen and oxygen atoms in total. The molecule has 0 radical (unpaired) electrons. The third-order valence-corrected chi connectivity index (χ3v) is 10.7. The third-order valence-electron chi connectivity index (χ3n) is 9.77. The normalized spacial score (nSPS) is 22.1. The summed E-state index contributed by atoms with van der Waals surface area (Å²) >= 11 is 1.22. The Kier molecular flexibility index (Phi) is 15.3. The number of carboxylic acids is 1. The highest BCUT2D eigenvalue weighted by atomic mass is 32.1. The van der Waals surface area contributed by atoms with Crippen molar-refractivity contribution in [3.63, 3.8) is 0 Å². The molecule has 1 saturated carbocycles. The van der Waals surface area contributed by atoms with Gasteiger partial charge in [0.05, 0.1) is 12.0 Å². The predicted molar refractivity (Wildman–Crippen MR) is 184 cm³/mol. The van der Waals surface area contributed by atoms with E-state index in [0.29, 0.717) is 30.7 Å². The van der Waals surface area contributed by atoms with E-state index in [2.05, 4.69) is 27.4 Å². The number of piperidine rings is 1. The number of nitrogens with zero attached hydrogens (tertiary/aromatic N) is 3. The maximum Gasteiger partial charge on any atom is 0.306 e. The van der Waals surface area contributed by atoms with E-state index < -0.39 is 24.1 Å². The number of rotatable bonds is 16. The minimum absolute atomic E-state index is 0.0212. The molecule has 2 aliphatic rings. The number of aliphatic carboxylic acids is 1. The summed E-state index contributed by atoms with van der Waals surface area (Å²) in [7, 11) is 1.73. The molecule has 1 aromatic heterocycles. The van der Waals surface area contributed by atoms with Crippen LogP contribution < -0.4 is 10.6 Å². The summed E-state index contributed by atoms with van der Waals surface area (Å²) in [5.74, 6) is -2.50. The Morgan fingerprint density at radius 3 is 2.33 bits per heavy atom. The van der Waals surface area contributed by atoms with Crippen LogP contribution in [-0.2, 0) is 23.9 Å². The Balaban J connectivity index is 1.72. The Hall–Kier alpha value is -3.06. The zero-order chi connectivity index (χ0) is 35.5. The summed E-state index contributed by atoms with van der Waals surface area (Å²) in [6.45, 7) is 13.1. The monoisotopic (exact) mass is 691 g/mol. The molecule has 270 valence electrons. The van der Waals surface area contributed by atoms with Crippen molar-refractivity contribution in [1.29, 1.82) is 0 Å². The van der Waals surface area contributed by atoms with E-state index in [0.717, 1.165) is 45.2 Å². The maximum absolute atomic E-state index is 14.1. The van der Waals surface area contributed by atoms with Crippen LogP contribution in [0.1, 0.15) is 127 Å². The van der Waals surface area contributed by atoms with E-state index >= 15 is 0 Å². The van der Waals surface area contributed by atoms with Gasteiger partial charge < -0.3 is 25.4 Å². The minimum atomic E-state index is -0.800. The molecule has 1 aromatic rings. The molecule has 3 rings (SSSR count). The number of aromatic nitrogens is 1. The van der Waals surface area contributed by atoms with E-state index in [9.17, 15) is 29.1 Å². The third kappa shape index (κ3) is 11.0. The number of hydrogen-bond acceptors (Lipinski definition) is 9.